The van der Waals surface area contributed by atoms with Crippen LogP contribution in [0.2, 0.25) is 0 Å². The molecule has 0 unspecified atom stereocenters. The van der Waals surface area contributed by atoms with Gasteiger partial charge in [0.15, 0.2) is 0 Å². The predicted octanol–water partition coefficient (Wildman–Crippen LogP) is -0.00500. The van der Waals surface area contributed by atoms with Crippen molar-refractivity contribution in [3.63, 3.8) is 0 Å². The maximum Gasteiger partial charge on any atom is 0 e. The Labute approximate surface area is 158 Å². The van der Waals surface area contributed by atoms with Crippen LogP contribution in [0.3, 0.4) is 0 Å². The van der Waals surface area contributed by atoms with E-state index in [1.165, 1.54) is 0 Å². The second-order valence-electron chi connectivity index (χ2n) is 0. The average molecular weight is 606 g/mol. The van der Waals surface area contributed by atoms with Gasteiger partial charge in [0.1, 0.15) is 0 Å². The quantitative estimate of drug-likeness (QED) is 0.341. The van der Waals surface area contributed by atoms with E-state index in [2.05, 4.69) is 0 Å². The summed E-state index contributed by atoms with van der Waals surface area (Å²) in [6.45, 7) is 0. The fourth-order valence-corrected chi connectivity index (χ4v) is 0. The number of hydrogen-bond donors (Lipinski definition) is 0. The second kappa shape index (κ2) is 22.7. The van der Waals surface area contributed by atoms with Gasteiger partial charge in [-0.2, -0.15) is 0 Å². The zero-order valence-electron chi connectivity index (χ0n) is 2.16. The van der Waals surface area contributed by atoms with Crippen molar-refractivity contribution in [2.75, 3.05) is 0 Å². The summed E-state index contributed by atoms with van der Waals surface area (Å²) in [6, 6.07) is 0. The van der Waals surface area contributed by atoms with Crippen molar-refractivity contribution in [1.29, 1.82) is 0 Å². The van der Waals surface area contributed by atoms with E-state index in [-0.39, 0.29) is 163 Å². The van der Waals surface area contributed by atoms with Crippen molar-refractivity contribution in [3.05, 3.63) is 0 Å². The van der Waals surface area contributed by atoms with Gasteiger partial charge < -0.3 is 0 Å². The molecule has 0 aliphatic rings. The first-order valence-corrected chi connectivity index (χ1v) is 0. The van der Waals surface area contributed by atoms with Crippen molar-refractivity contribution in [2.45, 2.75) is 0 Å². The minimum atomic E-state index is 0. The zero-order valence-corrected chi connectivity index (χ0v) is 13.9. The molecule has 0 N–H and O–H groups in total. The minimum absolute atomic E-state index is 0. The molecule has 0 aliphatic heterocycles. The Bertz CT molecular complexity index is 11.6. The molecule has 0 aromatic rings. The minimum Gasteiger partial charge on any atom is 0 e. The molecule has 0 nitrogen and oxygen atoms in total. The molecule has 0 heterocycles. The molecule has 0 aliphatic carbocycles. The molecule has 5 heavy (non-hydrogen) atoms. The number of hydrogen-bond acceptors (Lipinski definition) is 0. The van der Waals surface area contributed by atoms with Gasteiger partial charge in [0.05, 0.1) is 0 Å². The van der Waals surface area contributed by atoms with Gasteiger partial charge in [0, 0.05) is 163 Å². The Balaban J connectivity index is 0. The van der Waals surface area contributed by atoms with Crippen molar-refractivity contribution in [1.82, 2.24) is 0 Å². The Hall–Kier alpha value is 5.40. The van der Waals surface area contributed by atoms with E-state index in [9.17, 15) is 0 Å². The second-order valence-corrected chi connectivity index (χ2v) is 0. The van der Waals surface area contributed by atoms with Crippen molar-refractivity contribution < 1.29 is 163 Å². The van der Waals surface area contributed by atoms with Crippen LogP contribution < -0.4 is 0 Å². The SMILES string of the molecule is [Fe].[Gd].[Ho].[La].[Y]. The van der Waals surface area contributed by atoms with Crippen LogP contribution >= 0.6 is 0 Å². The fourth-order valence-electron chi connectivity index (χ4n) is 0. The molecule has 3 radical (unpaired) electrons. The molecule has 0 saturated carbocycles. The Morgan fingerprint density at radius 2 is 1.00 bits per heavy atom. The van der Waals surface area contributed by atoms with Crippen molar-refractivity contribution in [2.24, 2.45) is 0 Å². The van der Waals surface area contributed by atoms with Crippen LogP contribution in [0.25, 0.3) is 0 Å². The maximum absolute atomic E-state index is 0. The largest absolute Gasteiger partial charge is 0 e. The van der Waals surface area contributed by atoms with E-state index >= 15 is 0 Å². The van der Waals surface area contributed by atoms with Gasteiger partial charge in [-0.15, -0.1) is 0 Å². The molecular formula is FeGdHoLaY. The molecule has 0 bridgehead atoms. The molecule has 0 aromatic heterocycles. The molecule has 33 valence electrons. The third-order valence-electron chi connectivity index (χ3n) is 0. The van der Waals surface area contributed by atoms with E-state index in [0.717, 1.165) is 0 Å². The summed E-state index contributed by atoms with van der Waals surface area (Å²) in [6.07, 6.45) is 0. The monoisotopic (exact) mass is 607 g/mol. The first kappa shape index (κ1) is 31.5. The van der Waals surface area contributed by atoms with Gasteiger partial charge in [-0.05, 0) is 0 Å². The summed E-state index contributed by atoms with van der Waals surface area (Å²) in [5.41, 5.74) is 0. The van der Waals surface area contributed by atoms with E-state index in [4.69, 9.17) is 0 Å². The molecule has 0 fully saturated rings. The molecule has 5 heteroatoms. The van der Waals surface area contributed by atoms with Crippen molar-refractivity contribution >= 4 is 0 Å². The Morgan fingerprint density at radius 3 is 1.00 bits per heavy atom. The van der Waals surface area contributed by atoms with Crippen LogP contribution in [0.4, 0.5) is 0 Å². The van der Waals surface area contributed by atoms with Gasteiger partial charge >= 0.3 is 0 Å². The summed E-state index contributed by atoms with van der Waals surface area (Å²) >= 11 is 0. The molecule has 0 rings (SSSR count). The van der Waals surface area contributed by atoms with E-state index in [1.807, 2.05) is 0 Å². The maximum atomic E-state index is 0. The molecule has 0 spiro atoms. The molecule has 0 saturated heterocycles. The standard InChI is InChI=1S/Fe.Gd.Ho.La.Y. The molecule has 0 atom stereocenters. The van der Waals surface area contributed by atoms with Gasteiger partial charge in [0.2, 0.25) is 0 Å². The topological polar surface area (TPSA) is 0 Å². The predicted molar refractivity (Wildman–Crippen MR) is 0 cm³/mol. The summed E-state index contributed by atoms with van der Waals surface area (Å²) in [4.78, 5) is 0. The van der Waals surface area contributed by atoms with Crippen LogP contribution in [0.5, 0.6) is 0 Å². The Kier molecular flexibility index (Phi) is 143. The number of rotatable bonds is 0. The third-order valence-corrected chi connectivity index (χ3v) is 0. The first-order chi connectivity index (χ1) is 0. The van der Waals surface area contributed by atoms with E-state index < -0.39 is 0 Å². The molecule has 0 amide bonds. The van der Waals surface area contributed by atoms with E-state index in [0.29, 0.717) is 0 Å². The summed E-state index contributed by atoms with van der Waals surface area (Å²) in [5, 5.41) is 0. The van der Waals surface area contributed by atoms with Crippen LogP contribution in [-0.4, -0.2) is 0 Å². The molecular weight excluding hydrogens is 606 g/mol. The van der Waals surface area contributed by atoms with Gasteiger partial charge in [-0.1, -0.05) is 0 Å². The summed E-state index contributed by atoms with van der Waals surface area (Å²) in [7, 11) is 0. The third kappa shape index (κ3) is 17.7. The Morgan fingerprint density at radius 1 is 1.00 bits per heavy atom. The van der Waals surface area contributed by atoms with Crippen LogP contribution in [0.15, 0.2) is 0 Å². The van der Waals surface area contributed by atoms with Crippen LogP contribution in [-0.2, 0) is 49.8 Å². The van der Waals surface area contributed by atoms with E-state index in [1.54, 1.807) is 0 Å². The summed E-state index contributed by atoms with van der Waals surface area (Å²) in [5.74, 6) is 0. The normalized spacial score (nSPS) is 0. The average Bonchev–Trinajstić information content (AvgIpc) is 0. The van der Waals surface area contributed by atoms with Crippen molar-refractivity contribution in [3.8, 4) is 0 Å². The van der Waals surface area contributed by atoms with Crippen LogP contribution in [0.1, 0.15) is 0 Å². The van der Waals surface area contributed by atoms with Gasteiger partial charge in [-0.3, -0.25) is 0 Å². The van der Waals surface area contributed by atoms with Gasteiger partial charge in [0.25, 0.3) is 0 Å². The zero-order chi connectivity index (χ0) is 0. The summed E-state index contributed by atoms with van der Waals surface area (Å²) < 4.78 is 0. The first-order valence-electron chi connectivity index (χ1n) is 0. The van der Waals surface area contributed by atoms with Crippen LogP contribution in [0, 0.1) is 113 Å². The fraction of sp³-hybridized carbons (Fsp3) is 0. The van der Waals surface area contributed by atoms with Gasteiger partial charge in [-0.25, -0.2) is 0 Å². The smallest absolute Gasteiger partial charge is 0 e. The molecule has 0 aromatic carbocycles.